The van der Waals surface area contributed by atoms with Gasteiger partial charge in [-0.15, -0.1) is 0 Å². The number of nitrogens with zero attached hydrogens (tertiary/aromatic N) is 1. The minimum absolute atomic E-state index is 0.241. The Morgan fingerprint density at radius 3 is 2.62 bits per heavy atom. The molecule has 160 valence electrons. The monoisotopic (exact) mass is 553 g/mol. The number of fused-ring (bicyclic) bond motifs is 1. The summed E-state index contributed by atoms with van der Waals surface area (Å²) in [5.74, 6) is -0.282. The summed E-state index contributed by atoms with van der Waals surface area (Å²) in [7, 11) is 0. The van der Waals surface area contributed by atoms with Gasteiger partial charge in [0.1, 0.15) is 0 Å². The number of halogens is 2. The fraction of sp³-hybridized carbons (Fsp3) is 0.111. The average molecular weight is 554 g/mol. The summed E-state index contributed by atoms with van der Waals surface area (Å²) in [5, 5.41) is 1.75. The topological polar surface area (TPSA) is 39.2 Å². The van der Waals surface area contributed by atoms with Crippen LogP contribution in [0.2, 0.25) is 5.02 Å². The molecule has 0 amide bonds. The molecule has 1 atom stereocenters. The van der Waals surface area contributed by atoms with Crippen LogP contribution in [-0.2, 0) is 4.74 Å². The maximum Gasteiger partial charge on any atom is 0.338 e. The lowest BCUT2D eigenvalue weighted by Gasteiger charge is -2.11. The molecule has 0 radical (unpaired) electrons. The van der Waals surface area contributed by atoms with Gasteiger partial charge in [0.25, 0.3) is 0 Å². The highest BCUT2D eigenvalue weighted by atomic mass is 127. The predicted octanol–water partition coefficient (Wildman–Crippen LogP) is 7.78. The lowest BCUT2D eigenvalue weighted by molar-refractivity contribution is 0.0501. The van der Waals surface area contributed by atoms with E-state index in [0.717, 1.165) is 28.6 Å². The molecule has 0 aliphatic carbocycles. The van der Waals surface area contributed by atoms with E-state index in [9.17, 15) is 4.79 Å². The zero-order chi connectivity index (χ0) is 22.3. The largest absolute Gasteiger partial charge is 0.462 e. The molecule has 0 aliphatic heterocycles. The molecular formula is C27H21ClINO2. The molecule has 32 heavy (non-hydrogen) atoms. The number of hydrogen-bond donors (Lipinski definition) is 0. The van der Waals surface area contributed by atoms with E-state index in [1.165, 1.54) is 5.56 Å². The van der Waals surface area contributed by atoms with Crippen molar-refractivity contribution in [3.8, 4) is 0 Å². The molecule has 0 unspecified atom stereocenters. The highest BCUT2D eigenvalue weighted by Crippen LogP contribution is 2.28. The summed E-state index contributed by atoms with van der Waals surface area (Å²) in [6, 6.07) is 27.2. The third-order valence-corrected chi connectivity index (χ3v) is 6.59. The number of aromatic nitrogens is 1. The molecule has 0 spiro atoms. The first-order chi connectivity index (χ1) is 15.6. The average Bonchev–Trinajstić information content (AvgIpc) is 2.83. The quantitative estimate of drug-likeness (QED) is 0.133. The minimum atomic E-state index is -0.282. The van der Waals surface area contributed by atoms with E-state index >= 15 is 0 Å². The predicted molar refractivity (Wildman–Crippen MR) is 140 cm³/mol. The molecule has 0 saturated carbocycles. The van der Waals surface area contributed by atoms with Gasteiger partial charge in [-0.25, -0.2) is 9.78 Å². The molecule has 0 N–H and O–H groups in total. The van der Waals surface area contributed by atoms with E-state index < -0.39 is 0 Å². The number of pyridine rings is 1. The van der Waals surface area contributed by atoms with Crippen molar-refractivity contribution in [1.82, 2.24) is 4.98 Å². The Hall–Kier alpha value is -2.70. The summed E-state index contributed by atoms with van der Waals surface area (Å²) in [4.78, 5) is 16.8. The van der Waals surface area contributed by atoms with Crippen LogP contribution in [0, 0.1) is 0 Å². The SMILES string of the molecule is O=C(OCC[C@H](I)c1cccc(/C=C/c2ccc3ccc(Cl)cc3n2)c1)c1ccccc1. The Kier molecular flexibility index (Phi) is 7.55. The Bertz CT molecular complexity index is 1260. The molecule has 5 heteroatoms. The summed E-state index contributed by atoms with van der Waals surface area (Å²) < 4.78 is 5.67. The fourth-order valence-electron chi connectivity index (χ4n) is 3.32. The van der Waals surface area contributed by atoms with Gasteiger partial charge < -0.3 is 4.74 Å². The first-order valence-corrected chi connectivity index (χ1v) is 11.9. The number of alkyl halides is 1. The normalized spacial score (nSPS) is 12.2. The first kappa shape index (κ1) is 22.5. The Labute approximate surface area is 206 Å². The lowest BCUT2D eigenvalue weighted by Crippen LogP contribution is -2.07. The molecule has 1 heterocycles. The summed E-state index contributed by atoms with van der Waals surface area (Å²) in [6.45, 7) is 0.380. The van der Waals surface area contributed by atoms with Crippen molar-refractivity contribution >= 4 is 63.2 Å². The Balaban J connectivity index is 1.38. The van der Waals surface area contributed by atoms with Crippen LogP contribution in [0.3, 0.4) is 0 Å². The maximum atomic E-state index is 12.1. The molecule has 3 aromatic carbocycles. The van der Waals surface area contributed by atoms with E-state index in [-0.39, 0.29) is 9.89 Å². The van der Waals surface area contributed by atoms with Gasteiger partial charge in [0.05, 0.1) is 23.4 Å². The van der Waals surface area contributed by atoms with Gasteiger partial charge in [-0.05, 0) is 54.0 Å². The second kappa shape index (κ2) is 10.7. The van der Waals surface area contributed by atoms with Crippen LogP contribution in [0.4, 0.5) is 0 Å². The van der Waals surface area contributed by atoms with Crippen molar-refractivity contribution in [2.75, 3.05) is 6.61 Å². The third-order valence-electron chi connectivity index (χ3n) is 5.01. The van der Waals surface area contributed by atoms with E-state index in [1.807, 2.05) is 60.7 Å². The second-order valence-electron chi connectivity index (χ2n) is 7.33. The van der Waals surface area contributed by atoms with Gasteiger partial charge in [-0.1, -0.05) is 94.9 Å². The number of esters is 1. The molecule has 0 bridgehead atoms. The minimum Gasteiger partial charge on any atom is -0.462 e. The van der Waals surface area contributed by atoms with Crippen molar-refractivity contribution in [2.24, 2.45) is 0 Å². The van der Waals surface area contributed by atoms with Crippen molar-refractivity contribution in [2.45, 2.75) is 10.3 Å². The molecule has 3 nitrogen and oxygen atoms in total. The van der Waals surface area contributed by atoms with Gasteiger partial charge in [-0.2, -0.15) is 0 Å². The van der Waals surface area contributed by atoms with E-state index in [1.54, 1.807) is 12.1 Å². The second-order valence-corrected chi connectivity index (χ2v) is 9.27. The van der Waals surface area contributed by atoms with E-state index in [2.05, 4.69) is 51.8 Å². The number of rotatable bonds is 7. The summed E-state index contributed by atoms with van der Waals surface area (Å²) in [6.07, 6.45) is 4.81. The van der Waals surface area contributed by atoms with Crippen LogP contribution < -0.4 is 0 Å². The highest BCUT2D eigenvalue weighted by Gasteiger charge is 2.11. The molecular weight excluding hydrogens is 533 g/mol. The van der Waals surface area contributed by atoms with Gasteiger partial charge in [0.2, 0.25) is 0 Å². The van der Waals surface area contributed by atoms with Gasteiger partial charge in [-0.3, -0.25) is 0 Å². The summed E-state index contributed by atoms with van der Waals surface area (Å²) in [5.41, 5.74) is 4.63. The Morgan fingerprint density at radius 2 is 1.78 bits per heavy atom. The van der Waals surface area contributed by atoms with Crippen LogP contribution in [0.25, 0.3) is 23.1 Å². The van der Waals surface area contributed by atoms with Crippen molar-refractivity contribution in [3.05, 3.63) is 112 Å². The smallest absolute Gasteiger partial charge is 0.338 e. The summed E-state index contributed by atoms with van der Waals surface area (Å²) >= 11 is 8.49. The van der Waals surface area contributed by atoms with Gasteiger partial charge in [0.15, 0.2) is 0 Å². The molecule has 0 aliphatic rings. The van der Waals surface area contributed by atoms with Crippen LogP contribution >= 0.6 is 34.2 Å². The molecule has 0 fully saturated rings. The Morgan fingerprint density at radius 1 is 0.969 bits per heavy atom. The zero-order valence-electron chi connectivity index (χ0n) is 17.2. The zero-order valence-corrected chi connectivity index (χ0v) is 20.2. The van der Waals surface area contributed by atoms with E-state index in [0.29, 0.717) is 17.2 Å². The van der Waals surface area contributed by atoms with Crippen molar-refractivity contribution < 1.29 is 9.53 Å². The van der Waals surface area contributed by atoms with Gasteiger partial charge in [0, 0.05) is 14.3 Å². The van der Waals surface area contributed by atoms with Crippen LogP contribution in [0.15, 0.2) is 84.9 Å². The number of hydrogen-bond acceptors (Lipinski definition) is 3. The fourth-order valence-corrected chi connectivity index (χ4v) is 4.13. The molecule has 1 aromatic heterocycles. The van der Waals surface area contributed by atoms with E-state index in [4.69, 9.17) is 16.3 Å². The number of carbonyl (C=O) groups excluding carboxylic acids is 1. The highest BCUT2D eigenvalue weighted by molar-refractivity contribution is 14.1. The third kappa shape index (κ3) is 5.96. The van der Waals surface area contributed by atoms with Crippen LogP contribution in [-0.4, -0.2) is 17.6 Å². The van der Waals surface area contributed by atoms with Crippen molar-refractivity contribution in [3.63, 3.8) is 0 Å². The number of benzene rings is 3. The standard InChI is InChI=1S/C27H21ClINO2/c28-23-12-10-20-11-14-24(30-26(20)18-23)13-9-19-5-4-8-22(17-19)25(29)15-16-32-27(31)21-6-2-1-3-7-21/h1-14,17-18,25H,15-16H2/b13-9+/t25-/m0/s1. The number of carbonyl (C=O) groups is 1. The first-order valence-electron chi connectivity index (χ1n) is 10.3. The van der Waals surface area contributed by atoms with Crippen LogP contribution in [0.1, 0.15) is 37.5 Å². The van der Waals surface area contributed by atoms with Crippen LogP contribution in [0.5, 0.6) is 0 Å². The number of ether oxygens (including phenoxy) is 1. The molecule has 4 aromatic rings. The van der Waals surface area contributed by atoms with Gasteiger partial charge >= 0.3 is 5.97 Å². The van der Waals surface area contributed by atoms with Crippen molar-refractivity contribution in [1.29, 1.82) is 0 Å². The molecule has 0 saturated heterocycles. The lowest BCUT2D eigenvalue weighted by atomic mass is 10.1. The maximum absolute atomic E-state index is 12.1. The molecule has 4 rings (SSSR count).